The van der Waals surface area contributed by atoms with Gasteiger partial charge in [0.1, 0.15) is 6.04 Å². The van der Waals surface area contributed by atoms with Gasteiger partial charge < -0.3 is 10.2 Å². The number of rotatable bonds is 7. The van der Waals surface area contributed by atoms with Crippen molar-refractivity contribution in [3.8, 4) is 0 Å². The Morgan fingerprint density at radius 2 is 1.73 bits per heavy atom. The fourth-order valence-corrected chi connectivity index (χ4v) is 5.12. The van der Waals surface area contributed by atoms with Gasteiger partial charge in [-0.05, 0) is 37.8 Å². The van der Waals surface area contributed by atoms with Crippen molar-refractivity contribution in [2.24, 2.45) is 0 Å². The summed E-state index contributed by atoms with van der Waals surface area (Å²) in [5, 5.41) is 3.28. The Bertz CT molecular complexity index is 879. The molecule has 1 N–H and O–H groups in total. The third-order valence-electron chi connectivity index (χ3n) is 5.21. The lowest BCUT2D eigenvalue weighted by molar-refractivity contribution is -0.136. The molecule has 1 fully saturated rings. The number of nitrogens with one attached hydrogen (secondary N) is 1. The van der Waals surface area contributed by atoms with Crippen molar-refractivity contribution in [2.45, 2.75) is 51.1 Å². The molecule has 2 amide bonds. The van der Waals surface area contributed by atoms with Crippen molar-refractivity contribution in [3.05, 3.63) is 83.4 Å². The molecular formula is C25H30N2O2S. The molecule has 1 aliphatic heterocycles. The van der Waals surface area contributed by atoms with Crippen LogP contribution in [-0.2, 0) is 16.0 Å². The smallest absolute Gasteiger partial charge is 0.248 e. The summed E-state index contributed by atoms with van der Waals surface area (Å²) >= 11 is 1.68. The summed E-state index contributed by atoms with van der Waals surface area (Å²) in [7, 11) is 0. The van der Waals surface area contributed by atoms with E-state index in [1.54, 1.807) is 22.7 Å². The molecule has 158 valence electrons. The first-order chi connectivity index (χ1) is 14.5. The van der Waals surface area contributed by atoms with E-state index in [9.17, 15) is 9.59 Å². The molecular weight excluding hydrogens is 392 g/mol. The van der Waals surface area contributed by atoms with E-state index in [1.165, 1.54) is 0 Å². The summed E-state index contributed by atoms with van der Waals surface area (Å²) in [6, 6.07) is 19.6. The van der Waals surface area contributed by atoms with Crippen LogP contribution in [0.2, 0.25) is 0 Å². The zero-order valence-electron chi connectivity index (χ0n) is 17.9. The van der Waals surface area contributed by atoms with Crippen LogP contribution in [0.15, 0.2) is 72.3 Å². The average Bonchev–Trinajstić information content (AvgIpc) is 3.19. The standard InChI is InChI=1S/C25H30N2O2S/c1-4-24-27(23(28)15-18(2)3)22(17-30-24)25(29)26-21(20-13-9-6-10-14-20)16-19-11-7-5-8-12-19/h5-15,21-22,24H,4,16-17H2,1-3H3,(H,26,29). The second-order valence-electron chi connectivity index (χ2n) is 7.84. The number of thioether (sulfide) groups is 1. The van der Waals surface area contributed by atoms with Crippen LogP contribution in [0.3, 0.4) is 0 Å². The molecule has 30 heavy (non-hydrogen) atoms. The van der Waals surface area contributed by atoms with Crippen LogP contribution < -0.4 is 5.32 Å². The van der Waals surface area contributed by atoms with Gasteiger partial charge >= 0.3 is 0 Å². The molecule has 0 radical (unpaired) electrons. The zero-order chi connectivity index (χ0) is 21.5. The topological polar surface area (TPSA) is 49.4 Å². The summed E-state index contributed by atoms with van der Waals surface area (Å²) in [6.45, 7) is 5.87. The summed E-state index contributed by atoms with van der Waals surface area (Å²) in [5.74, 6) is 0.463. The second kappa shape index (κ2) is 10.5. The number of carbonyl (C=O) groups is 2. The lowest BCUT2D eigenvalue weighted by atomic mass is 9.98. The van der Waals surface area contributed by atoms with E-state index in [4.69, 9.17) is 0 Å². The molecule has 5 heteroatoms. The maximum Gasteiger partial charge on any atom is 0.248 e. The number of allylic oxidation sites excluding steroid dienone is 1. The maximum absolute atomic E-state index is 13.3. The third kappa shape index (κ3) is 5.54. The molecule has 0 saturated carbocycles. The van der Waals surface area contributed by atoms with E-state index < -0.39 is 6.04 Å². The molecule has 0 spiro atoms. The fraction of sp³-hybridized carbons (Fsp3) is 0.360. The Balaban J connectivity index is 1.82. The Kier molecular flexibility index (Phi) is 7.75. The predicted molar refractivity (Wildman–Crippen MR) is 124 cm³/mol. The first-order valence-corrected chi connectivity index (χ1v) is 11.5. The van der Waals surface area contributed by atoms with Crippen LogP contribution in [0.25, 0.3) is 0 Å². The largest absolute Gasteiger partial charge is 0.347 e. The quantitative estimate of drug-likeness (QED) is 0.656. The molecule has 0 aromatic heterocycles. The monoisotopic (exact) mass is 422 g/mol. The van der Waals surface area contributed by atoms with Crippen LogP contribution in [-0.4, -0.2) is 33.9 Å². The molecule has 0 bridgehead atoms. The van der Waals surface area contributed by atoms with Crippen molar-refractivity contribution in [2.75, 3.05) is 5.75 Å². The highest BCUT2D eigenvalue weighted by Gasteiger charge is 2.40. The lowest BCUT2D eigenvalue weighted by Crippen LogP contribution is -2.50. The molecule has 1 aliphatic rings. The highest BCUT2D eigenvalue weighted by molar-refractivity contribution is 8.00. The van der Waals surface area contributed by atoms with Crippen molar-refractivity contribution < 1.29 is 9.59 Å². The van der Waals surface area contributed by atoms with Gasteiger partial charge in [-0.25, -0.2) is 0 Å². The normalized spacial score (nSPS) is 19.2. The van der Waals surface area contributed by atoms with E-state index >= 15 is 0 Å². The highest BCUT2D eigenvalue weighted by atomic mass is 32.2. The van der Waals surface area contributed by atoms with E-state index in [2.05, 4.69) is 24.4 Å². The van der Waals surface area contributed by atoms with Gasteiger partial charge in [0.05, 0.1) is 11.4 Å². The molecule has 0 aliphatic carbocycles. The van der Waals surface area contributed by atoms with Crippen LogP contribution >= 0.6 is 11.8 Å². The van der Waals surface area contributed by atoms with Gasteiger partial charge in [-0.3, -0.25) is 9.59 Å². The predicted octanol–water partition coefficient (Wildman–Crippen LogP) is 4.73. The SMILES string of the molecule is CCC1SCC(C(=O)NC(Cc2ccccc2)c2ccccc2)N1C(=O)C=C(C)C. The number of carbonyl (C=O) groups excluding carboxylic acids is 2. The Labute approximate surface area is 183 Å². The first kappa shape index (κ1) is 22.2. The minimum atomic E-state index is -0.454. The number of hydrogen-bond acceptors (Lipinski definition) is 3. The van der Waals surface area contributed by atoms with Gasteiger partial charge in [-0.1, -0.05) is 73.2 Å². The number of hydrogen-bond donors (Lipinski definition) is 1. The van der Waals surface area contributed by atoms with Gasteiger partial charge in [0.2, 0.25) is 11.8 Å². The Morgan fingerprint density at radius 1 is 1.10 bits per heavy atom. The zero-order valence-corrected chi connectivity index (χ0v) is 18.7. The number of benzene rings is 2. The molecule has 2 aromatic rings. The minimum absolute atomic E-state index is 0.0353. The van der Waals surface area contributed by atoms with Crippen molar-refractivity contribution in [3.63, 3.8) is 0 Å². The minimum Gasteiger partial charge on any atom is -0.347 e. The van der Waals surface area contributed by atoms with Gasteiger partial charge in [0, 0.05) is 11.8 Å². The summed E-state index contributed by atoms with van der Waals surface area (Å²) < 4.78 is 0. The van der Waals surface area contributed by atoms with Gasteiger partial charge in [0.15, 0.2) is 0 Å². The van der Waals surface area contributed by atoms with Crippen molar-refractivity contribution in [1.82, 2.24) is 10.2 Å². The van der Waals surface area contributed by atoms with Gasteiger partial charge in [-0.2, -0.15) is 0 Å². The molecule has 3 unspecified atom stereocenters. The summed E-state index contributed by atoms with van der Waals surface area (Å²) in [4.78, 5) is 27.9. The molecule has 3 rings (SSSR count). The fourth-order valence-electron chi connectivity index (χ4n) is 3.75. The molecule has 2 aromatic carbocycles. The number of amides is 2. The van der Waals surface area contributed by atoms with E-state index in [0.717, 1.165) is 23.1 Å². The maximum atomic E-state index is 13.3. The second-order valence-corrected chi connectivity index (χ2v) is 9.05. The van der Waals surface area contributed by atoms with E-state index in [-0.39, 0.29) is 23.2 Å². The van der Waals surface area contributed by atoms with E-state index in [1.807, 2.05) is 62.4 Å². The summed E-state index contributed by atoms with van der Waals surface area (Å²) in [5.41, 5.74) is 3.17. The summed E-state index contributed by atoms with van der Waals surface area (Å²) in [6.07, 6.45) is 3.16. The molecule has 4 nitrogen and oxygen atoms in total. The average molecular weight is 423 g/mol. The van der Waals surface area contributed by atoms with Gasteiger partial charge in [-0.15, -0.1) is 11.8 Å². The van der Waals surface area contributed by atoms with E-state index in [0.29, 0.717) is 12.2 Å². The van der Waals surface area contributed by atoms with Crippen LogP contribution in [0.5, 0.6) is 0 Å². The highest BCUT2D eigenvalue weighted by Crippen LogP contribution is 2.32. The molecule has 1 heterocycles. The van der Waals surface area contributed by atoms with Gasteiger partial charge in [0.25, 0.3) is 0 Å². The Morgan fingerprint density at radius 3 is 2.33 bits per heavy atom. The Hall–Kier alpha value is -2.53. The third-order valence-corrected chi connectivity index (χ3v) is 6.67. The molecule has 1 saturated heterocycles. The number of nitrogens with zero attached hydrogens (tertiary/aromatic N) is 1. The first-order valence-electron chi connectivity index (χ1n) is 10.5. The van der Waals surface area contributed by atoms with Crippen molar-refractivity contribution in [1.29, 1.82) is 0 Å². The van der Waals surface area contributed by atoms with Crippen LogP contribution in [0.4, 0.5) is 0 Å². The van der Waals surface area contributed by atoms with Crippen LogP contribution in [0.1, 0.15) is 44.4 Å². The van der Waals surface area contributed by atoms with Crippen molar-refractivity contribution >= 4 is 23.6 Å². The molecule has 3 atom stereocenters. The van der Waals surface area contributed by atoms with Crippen LogP contribution in [0, 0.1) is 0 Å². The lowest BCUT2D eigenvalue weighted by Gasteiger charge is -2.29.